The smallest absolute Gasteiger partial charge is 0.384 e. The summed E-state index contributed by atoms with van der Waals surface area (Å²) in [7, 11) is 0. The van der Waals surface area contributed by atoms with E-state index in [9.17, 15) is 17.6 Å². The average Bonchev–Trinajstić information content (AvgIpc) is 2.36. The lowest BCUT2D eigenvalue weighted by Gasteiger charge is -2.11. The number of nitrogens with zero attached hydrogens (tertiary/aromatic N) is 2. The molecule has 0 aliphatic rings. The van der Waals surface area contributed by atoms with E-state index in [4.69, 9.17) is 5.73 Å². The van der Waals surface area contributed by atoms with Gasteiger partial charge in [-0.2, -0.15) is 13.2 Å². The Morgan fingerprint density at radius 3 is 2.29 bits per heavy atom. The van der Waals surface area contributed by atoms with Crippen molar-refractivity contribution in [3.8, 4) is 11.3 Å². The summed E-state index contributed by atoms with van der Waals surface area (Å²) in [5.41, 5.74) is 4.85. The van der Waals surface area contributed by atoms with Gasteiger partial charge in [-0.15, -0.1) is 0 Å². The average molecular weight is 299 g/mol. The summed E-state index contributed by atoms with van der Waals surface area (Å²) in [6.45, 7) is 3.71. The first-order valence-electron chi connectivity index (χ1n) is 6.20. The molecule has 3 nitrogen and oxygen atoms in total. The van der Waals surface area contributed by atoms with Crippen LogP contribution < -0.4 is 5.73 Å². The number of benzene rings is 1. The molecule has 1 heterocycles. The van der Waals surface area contributed by atoms with E-state index in [0.29, 0.717) is 17.6 Å². The second-order valence-corrected chi connectivity index (χ2v) is 4.88. The Bertz CT molecular complexity index is 666. The molecule has 0 saturated heterocycles. The van der Waals surface area contributed by atoms with E-state index >= 15 is 0 Å². The van der Waals surface area contributed by atoms with Crippen LogP contribution >= 0.6 is 0 Å². The molecule has 21 heavy (non-hydrogen) atoms. The number of nitrogens with two attached hydrogens (primary N) is 1. The first-order chi connectivity index (χ1) is 9.68. The summed E-state index contributed by atoms with van der Waals surface area (Å²) in [4.78, 5) is 8.23. The van der Waals surface area contributed by atoms with E-state index in [0.717, 1.165) is 12.1 Å². The normalized spacial score (nSPS) is 12.0. The molecule has 7 heteroatoms. The molecule has 2 aromatic rings. The number of hydrogen-bond donors (Lipinski definition) is 1. The summed E-state index contributed by atoms with van der Waals surface area (Å²) in [6.07, 6.45) is -4.73. The number of rotatable bonds is 2. The summed E-state index contributed by atoms with van der Waals surface area (Å²) in [5, 5.41) is 0. The fourth-order valence-electron chi connectivity index (χ4n) is 1.80. The molecule has 0 aliphatic heterocycles. The third kappa shape index (κ3) is 3.29. The predicted octanol–water partition coefficient (Wildman–Crippen LogP) is 4.01. The molecule has 2 N–H and O–H groups in total. The topological polar surface area (TPSA) is 51.8 Å². The van der Waals surface area contributed by atoms with Crippen molar-refractivity contribution in [1.82, 2.24) is 9.97 Å². The van der Waals surface area contributed by atoms with Gasteiger partial charge in [0.05, 0.1) is 11.3 Å². The Balaban J connectivity index is 2.51. The maximum absolute atomic E-state index is 13.6. The van der Waals surface area contributed by atoms with Crippen LogP contribution in [0.1, 0.15) is 31.2 Å². The summed E-state index contributed by atoms with van der Waals surface area (Å²) in [5.74, 6) is -0.718. The van der Waals surface area contributed by atoms with Crippen LogP contribution in [-0.2, 0) is 6.18 Å². The quantitative estimate of drug-likeness (QED) is 0.852. The van der Waals surface area contributed by atoms with Crippen molar-refractivity contribution in [2.45, 2.75) is 25.9 Å². The maximum Gasteiger partial charge on any atom is 0.419 e. The van der Waals surface area contributed by atoms with E-state index in [1.54, 1.807) is 0 Å². The van der Waals surface area contributed by atoms with Gasteiger partial charge in [-0.1, -0.05) is 19.9 Å². The lowest BCUT2D eigenvalue weighted by molar-refractivity contribution is -0.139. The minimum Gasteiger partial charge on any atom is -0.384 e. The van der Waals surface area contributed by atoms with E-state index in [2.05, 4.69) is 9.97 Å². The standard InChI is InChI=1S/C14H13F4N3/c1-7(2)13-20-11(6-12(19)21-13)8-3-4-9(10(15)5-8)14(16,17)18/h3-7H,1-2H3,(H2,19,20,21). The maximum atomic E-state index is 13.6. The molecular weight excluding hydrogens is 286 g/mol. The van der Waals surface area contributed by atoms with Gasteiger partial charge in [0.2, 0.25) is 0 Å². The van der Waals surface area contributed by atoms with Gasteiger partial charge < -0.3 is 5.73 Å². The van der Waals surface area contributed by atoms with E-state index < -0.39 is 17.6 Å². The number of hydrogen-bond acceptors (Lipinski definition) is 3. The van der Waals surface area contributed by atoms with Gasteiger partial charge in [-0.25, -0.2) is 14.4 Å². The molecule has 0 bridgehead atoms. The Morgan fingerprint density at radius 1 is 1.10 bits per heavy atom. The summed E-state index contributed by atoms with van der Waals surface area (Å²) >= 11 is 0. The summed E-state index contributed by atoms with van der Waals surface area (Å²) < 4.78 is 51.2. The zero-order valence-electron chi connectivity index (χ0n) is 11.4. The van der Waals surface area contributed by atoms with E-state index in [1.807, 2.05) is 13.8 Å². The first kappa shape index (κ1) is 15.2. The van der Waals surface area contributed by atoms with Gasteiger partial charge in [0.1, 0.15) is 17.5 Å². The van der Waals surface area contributed by atoms with Crippen molar-refractivity contribution < 1.29 is 17.6 Å². The lowest BCUT2D eigenvalue weighted by atomic mass is 10.1. The minimum absolute atomic E-state index is 0.00783. The Labute approximate surface area is 118 Å². The summed E-state index contributed by atoms with van der Waals surface area (Å²) in [6, 6.07) is 4.05. The molecule has 0 amide bonds. The van der Waals surface area contributed by atoms with Gasteiger partial charge in [0, 0.05) is 17.5 Å². The number of anilines is 1. The second kappa shape index (κ2) is 5.31. The van der Waals surface area contributed by atoms with Gasteiger partial charge in [-0.05, 0) is 12.1 Å². The molecule has 0 spiro atoms. The van der Waals surface area contributed by atoms with Gasteiger partial charge in [0.25, 0.3) is 0 Å². The molecule has 0 saturated carbocycles. The predicted molar refractivity (Wildman–Crippen MR) is 70.9 cm³/mol. The fourth-order valence-corrected chi connectivity index (χ4v) is 1.80. The van der Waals surface area contributed by atoms with Crippen molar-refractivity contribution >= 4 is 5.82 Å². The number of alkyl halides is 3. The van der Waals surface area contributed by atoms with Crippen LogP contribution in [0.25, 0.3) is 11.3 Å². The lowest BCUT2D eigenvalue weighted by Crippen LogP contribution is -2.08. The van der Waals surface area contributed by atoms with Crippen LogP contribution in [0.3, 0.4) is 0 Å². The zero-order valence-corrected chi connectivity index (χ0v) is 11.4. The van der Waals surface area contributed by atoms with Crippen LogP contribution in [0.15, 0.2) is 24.3 Å². The van der Waals surface area contributed by atoms with Gasteiger partial charge >= 0.3 is 6.18 Å². The van der Waals surface area contributed by atoms with E-state index in [-0.39, 0.29) is 17.3 Å². The molecule has 112 valence electrons. The van der Waals surface area contributed by atoms with Crippen LogP contribution in [0.4, 0.5) is 23.4 Å². The Kier molecular flexibility index (Phi) is 3.85. The third-order valence-corrected chi connectivity index (χ3v) is 2.85. The Hall–Kier alpha value is -2.18. The fraction of sp³-hybridized carbons (Fsp3) is 0.286. The molecule has 0 unspecified atom stereocenters. The number of aromatic nitrogens is 2. The first-order valence-corrected chi connectivity index (χ1v) is 6.20. The second-order valence-electron chi connectivity index (χ2n) is 4.88. The molecule has 0 aliphatic carbocycles. The number of halogens is 4. The van der Waals surface area contributed by atoms with E-state index in [1.165, 1.54) is 6.07 Å². The van der Waals surface area contributed by atoms with Crippen LogP contribution in [0.5, 0.6) is 0 Å². The molecule has 0 radical (unpaired) electrons. The van der Waals surface area contributed by atoms with Crippen molar-refractivity contribution in [2.75, 3.05) is 5.73 Å². The highest BCUT2D eigenvalue weighted by Gasteiger charge is 2.34. The largest absolute Gasteiger partial charge is 0.419 e. The highest BCUT2D eigenvalue weighted by molar-refractivity contribution is 5.62. The van der Waals surface area contributed by atoms with Crippen LogP contribution in [0, 0.1) is 5.82 Å². The molecule has 2 rings (SSSR count). The van der Waals surface area contributed by atoms with Crippen molar-refractivity contribution in [3.05, 3.63) is 41.5 Å². The Morgan fingerprint density at radius 2 is 1.76 bits per heavy atom. The van der Waals surface area contributed by atoms with Crippen molar-refractivity contribution in [2.24, 2.45) is 0 Å². The van der Waals surface area contributed by atoms with Gasteiger partial charge in [-0.3, -0.25) is 0 Å². The zero-order chi connectivity index (χ0) is 15.8. The highest BCUT2D eigenvalue weighted by Crippen LogP contribution is 2.33. The highest BCUT2D eigenvalue weighted by atomic mass is 19.4. The van der Waals surface area contributed by atoms with Crippen LogP contribution in [-0.4, -0.2) is 9.97 Å². The monoisotopic (exact) mass is 299 g/mol. The molecule has 1 aromatic carbocycles. The van der Waals surface area contributed by atoms with Crippen molar-refractivity contribution in [1.29, 1.82) is 0 Å². The number of nitrogen functional groups attached to an aromatic ring is 1. The molecule has 0 fully saturated rings. The molecule has 1 aromatic heterocycles. The molecule has 0 atom stereocenters. The van der Waals surface area contributed by atoms with Crippen molar-refractivity contribution in [3.63, 3.8) is 0 Å². The van der Waals surface area contributed by atoms with Gasteiger partial charge in [0.15, 0.2) is 0 Å². The third-order valence-electron chi connectivity index (χ3n) is 2.85. The minimum atomic E-state index is -4.73. The SMILES string of the molecule is CC(C)c1nc(N)cc(-c2ccc(C(F)(F)F)c(F)c2)n1. The van der Waals surface area contributed by atoms with Crippen LogP contribution in [0.2, 0.25) is 0 Å². The molecular formula is C14H13F4N3.